The summed E-state index contributed by atoms with van der Waals surface area (Å²) in [7, 11) is 3.67. The fraction of sp³-hybridized carbons (Fsp3) is 0.619. The first-order chi connectivity index (χ1) is 14.5. The molecule has 1 atom stereocenters. The third kappa shape index (κ3) is 7.61. The number of ether oxygens (including phenoxy) is 1. The number of nitrogens with zero attached hydrogens (tertiary/aromatic N) is 3. The first-order valence-corrected chi connectivity index (χ1v) is 10.2. The molecule has 0 bridgehead atoms. The van der Waals surface area contributed by atoms with Crippen LogP contribution in [0.2, 0.25) is 0 Å². The Kier molecular flexibility index (Phi) is 8.55. The fourth-order valence-electron chi connectivity index (χ4n) is 4.02. The van der Waals surface area contributed by atoms with Crippen LogP contribution < -0.4 is 4.74 Å². The maximum atomic E-state index is 12.2. The van der Waals surface area contributed by atoms with Crippen molar-refractivity contribution in [3.05, 3.63) is 30.3 Å². The van der Waals surface area contributed by atoms with Gasteiger partial charge < -0.3 is 19.6 Å². The van der Waals surface area contributed by atoms with Crippen LogP contribution in [-0.4, -0.2) is 91.4 Å². The van der Waals surface area contributed by atoms with Gasteiger partial charge in [0.1, 0.15) is 12.4 Å². The zero-order chi connectivity index (χ0) is 23.1. The number of piperidine rings is 1. The third-order valence-electron chi connectivity index (χ3n) is 5.49. The molecule has 2 fully saturated rings. The van der Waals surface area contributed by atoms with Crippen LogP contribution in [0.25, 0.3) is 0 Å². The van der Waals surface area contributed by atoms with Crippen molar-refractivity contribution in [2.45, 2.75) is 25.4 Å². The van der Waals surface area contributed by atoms with E-state index in [9.17, 15) is 18.0 Å². The van der Waals surface area contributed by atoms with Crippen LogP contribution in [0.1, 0.15) is 19.3 Å². The van der Waals surface area contributed by atoms with Crippen LogP contribution in [0, 0.1) is 5.41 Å². The van der Waals surface area contributed by atoms with Gasteiger partial charge in [0, 0.05) is 45.7 Å². The Morgan fingerprint density at radius 3 is 2.35 bits per heavy atom. The number of carboxylic acid groups (broad SMARTS) is 1. The standard InChI is InChI=1S/C19H29N3O2.C2HF3O2/c1-20(2)18(23)22-12-10-19(16-22)9-6-11-21(15-19)13-14-24-17-7-4-3-5-8-17;3-2(4,5)1(6)7/h3-5,7-8H,6,9-16H2,1-2H3;(H,6,7). The van der Waals surface area contributed by atoms with E-state index < -0.39 is 12.1 Å². The monoisotopic (exact) mass is 445 g/mol. The molecule has 1 unspecified atom stereocenters. The number of carboxylic acids is 1. The summed E-state index contributed by atoms with van der Waals surface area (Å²) in [5, 5.41) is 7.12. The molecule has 2 heterocycles. The summed E-state index contributed by atoms with van der Waals surface area (Å²) in [4.78, 5) is 27.3. The van der Waals surface area contributed by atoms with Gasteiger partial charge in [0.25, 0.3) is 0 Å². The molecule has 7 nitrogen and oxygen atoms in total. The maximum absolute atomic E-state index is 12.2. The van der Waals surface area contributed by atoms with Gasteiger partial charge in [-0.05, 0) is 37.9 Å². The number of benzene rings is 1. The number of alkyl halides is 3. The molecule has 2 aliphatic rings. The second kappa shape index (κ2) is 10.7. The summed E-state index contributed by atoms with van der Waals surface area (Å²) >= 11 is 0. The summed E-state index contributed by atoms with van der Waals surface area (Å²) in [6, 6.07) is 10.2. The molecular formula is C21H30F3N3O4. The van der Waals surface area contributed by atoms with Crippen molar-refractivity contribution < 1.29 is 32.6 Å². The SMILES string of the molecule is CN(C)C(=O)N1CCC2(CCCN(CCOc3ccccc3)C2)C1.O=C(O)C(F)(F)F. The lowest BCUT2D eigenvalue weighted by Gasteiger charge is -2.40. The van der Waals surface area contributed by atoms with Crippen molar-refractivity contribution in [1.29, 1.82) is 0 Å². The van der Waals surface area contributed by atoms with E-state index >= 15 is 0 Å². The Bertz CT molecular complexity index is 730. The van der Waals surface area contributed by atoms with Crippen LogP contribution in [0.4, 0.5) is 18.0 Å². The van der Waals surface area contributed by atoms with Crippen molar-refractivity contribution in [1.82, 2.24) is 14.7 Å². The molecule has 2 amide bonds. The van der Waals surface area contributed by atoms with Gasteiger partial charge in [-0.15, -0.1) is 0 Å². The predicted molar refractivity (Wildman–Crippen MR) is 109 cm³/mol. The highest BCUT2D eigenvalue weighted by Crippen LogP contribution is 2.39. The quantitative estimate of drug-likeness (QED) is 0.771. The second-order valence-corrected chi connectivity index (χ2v) is 8.19. The highest BCUT2D eigenvalue weighted by molar-refractivity contribution is 5.74. The highest BCUT2D eigenvalue weighted by atomic mass is 19.4. The van der Waals surface area contributed by atoms with Gasteiger partial charge in [0.2, 0.25) is 0 Å². The summed E-state index contributed by atoms with van der Waals surface area (Å²) < 4.78 is 37.6. The topological polar surface area (TPSA) is 73.3 Å². The van der Waals surface area contributed by atoms with Gasteiger partial charge in [-0.3, -0.25) is 4.90 Å². The summed E-state index contributed by atoms with van der Waals surface area (Å²) in [6.07, 6.45) is -1.50. The van der Waals surface area contributed by atoms with Crippen molar-refractivity contribution in [2.24, 2.45) is 5.41 Å². The smallest absolute Gasteiger partial charge is 0.490 e. The number of amides is 2. The minimum Gasteiger partial charge on any atom is -0.492 e. The number of likely N-dealkylation sites (tertiary alicyclic amines) is 2. The summed E-state index contributed by atoms with van der Waals surface area (Å²) in [5.74, 6) is -1.82. The predicted octanol–water partition coefficient (Wildman–Crippen LogP) is 3.17. The molecule has 1 spiro atoms. The number of rotatable bonds is 4. The lowest BCUT2D eigenvalue weighted by atomic mass is 9.79. The molecule has 1 aromatic rings. The third-order valence-corrected chi connectivity index (χ3v) is 5.49. The van der Waals surface area contributed by atoms with Gasteiger partial charge in [-0.1, -0.05) is 18.2 Å². The van der Waals surface area contributed by atoms with Crippen LogP contribution in [0.5, 0.6) is 5.75 Å². The molecule has 1 aromatic carbocycles. The number of carbonyl (C=O) groups excluding carboxylic acids is 1. The van der Waals surface area contributed by atoms with Gasteiger partial charge >= 0.3 is 18.2 Å². The van der Waals surface area contributed by atoms with E-state index in [0.717, 1.165) is 51.5 Å². The zero-order valence-corrected chi connectivity index (χ0v) is 17.9. The highest BCUT2D eigenvalue weighted by Gasteiger charge is 2.43. The molecule has 174 valence electrons. The van der Waals surface area contributed by atoms with E-state index in [-0.39, 0.29) is 11.4 Å². The maximum Gasteiger partial charge on any atom is 0.490 e. The molecular weight excluding hydrogens is 415 g/mol. The number of para-hydroxylation sites is 1. The van der Waals surface area contributed by atoms with Gasteiger partial charge in [0.15, 0.2) is 0 Å². The zero-order valence-electron chi connectivity index (χ0n) is 17.9. The van der Waals surface area contributed by atoms with E-state index in [4.69, 9.17) is 14.6 Å². The Hall–Kier alpha value is -2.49. The molecule has 1 N–H and O–H groups in total. The number of urea groups is 1. The first kappa shape index (κ1) is 24.8. The summed E-state index contributed by atoms with van der Waals surface area (Å²) in [6.45, 7) is 5.70. The Labute approximate surface area is 180 Å². The van der Waals surface area contributed by atoms with Crippen LogP contribution >= 0.6 is 0 Å². The number of aliphatic carboxylic acids is 1. The Morgan fingerprint density at radius 2 is 1.77 bits per heavy atom. The van der Waals surface area contributed by atoms with E-state index in [0.29, 0.717) is 0 Å². The van der Waals surface area contributed by atoms with Crippen LogP contribution in [0.3, 0.4) is 0 Å². The molecule has 10 heteroatoms. The molecule has 0 aliphatic carbocycles. The molecule has 3 rings (SSSR count). The van der Waals surface area contributed by atoms with Crippen molar-refractivity contribution in [3.63, 3.8) is 0 Å². The fourth-order valence-corrected chi connectivity index (χ4v) is 4.02. The first-order valence-electron chi connectivity index (χ1n) is 10.2. The Morgan fingerprint density at radius 1 is 1.13 bits per heavy atom. The van der Waals surface area contributed by atoms with E-state index in [1.807, 2.05) is 49.3 Å². The average Bonchev–Trinajstić information content (AvgIpc) is 3.11. The normalized spacial score (nSPS) is 21.4. The van der Waals surface area contributed by atoms with Gasteiger partial charge in [-0.25, -0.2) is 9.59 Å². The van der Waals surface area contributed by atoms with Crippen molar-refractivity contribution in [2.75, 3.05) is 53.4 Å². The summed E-state index contributed by atoms with van der Waals surface area (Å²) in [5.41, 5.74) is 0.288. The van der Waals surface area contributed by atoms with Crippen molar-refractivity contribution in [3.8, 4) is 5.75 Å². The molecule has 2 aliphatic heterocycles. The van der Waals surface area contributed by atoms with Crippen LogP contribution in [0.15, 0.2) is 30.3 Å². The van der Waals surface area contributed by atoms with Gasteiger partial charge in [-0.2, -0.15) is 13.2 Å². The Balaban J connectivity index is 0.000000423. The van der Waals surface area contributed by atoms with Gasteiger partial charge in [0.05, 0.1) is 0 Å². The molecule has 0 aromatic heterocycles. The van der Waals surface area contributed by atoms with Crippen LogP contribution in [-0.2, 0) is 4.79 Å². The van der Waals surface area contributed by atoms with E-state index in [1.165, 1.54) is 12.8 Å². The number of hydrogen-bond donors (Lipinski definition) is 1. The lowest BCUT2D eigenvalue weighted by Crippen LogP contribution is -2.47. The lowest BCUT2D eigenvalue weighted by molar-refractivity contribution is -0.192. The minimum atomic E-state index is -5.08. The molecule has 31 heavy (non-hydrogen) atoms. The number of halogens is 3. The average molecular weight is 445 g/mol. The van der Waals surface area contributed by atoms with E-state index in [1.54, 1.807) is 4.90 Å². The van der Waals surface area contributed by atoms with E-state index in [2.05, 4.69) is 4.90 Å². The molecule has 0 saturated carbocycles. The number of hydrogen-bond acceptors (Lipinski definition) is 4. The number of carbonyl (C=O) groups is 2. The molecule has 0 radical (unpaired) electrons. The minimum absolute atomic E-state index is 0.149. The second-order valence-electron chi connectivity index (χ2n) is 8.19. The van der Waals surface area contributed by atoms with Crippen molar-refractivity contribution >= 4 is 12.0 Å². The largest absolute Gasteiger partial charge is 0.492 e. The molecule has 2 saturated heterocycles.